The predicted molar refractivity (Wildman–Crippen MR) is 87.3 cm³/mol. The first-order valence-electron chi connectivity index (χ1n) is 6.99. The van der Waals surface area contributed by atoms with Gasteiger partial charge in [-0.15, -0.1) is 0 Å². The predicted octanol–water partition coefficient (Wildman–Crippen LogP) is 3.99. The molecule has 0 aromatic heterocycles. The summed E-state index contributed by atoms with van der Waals surface area (Å²) >= 11 is 0. The molecular formula is C18H20O2S. The van der Waals surface area contributed by atoms with E-state index in [9.17, 15) is 9.00 Å². The summed E-state index contributed by atoms with van der Waals surface area (Å²) in [6.07, 6.45) is 0. The SMILES string of the molecule is Cc1ccc(S(=O)C(C)C(=O)c2ccc(C)c(C)c2)cc1. The number of ketones is 1. The molecule has 0 saturated heterocycles. The van der Waals surface area contributed by atoms with Crippen molar-refractivity contribution in [3.63, 3.8) is 0 Å². The van der Waals surface area contributed by atoms with Crippen LogP contribution in [0, 0.1) is 20.8 Å². The third kappa shape index (κ3) is 3.48. The molecule has 2 atom stereocenters. The zero-order valence-electron chi connectivity index (χ0n) is 12.8. The van der Waals surface area contributed by atoms with Gasteiger partial charge in [0.05, 0.1) is 16.0 Å². The van der Waals surface area contributed by atoms with E-state index in [0.29, 0.717) is 10.5 Å². The number of aryl methyl sites for hydroxylation is 3. The molecule has 0 radical (unpaired) electrons. The quantitative estimate of drug-likeness (QED) is 0.800. The van der Waals surface area contributed by atoms with Crippen LogP contribution in [0.3, 0.4) is 0 Å². The van der Waals surface area contributed by atoms with Crippen molar-refractivity contribution < 1.29 is 9.00 Å². The Morgan fingerprint density at radius 1 is 0.952 bits per heavy atom. The number of rotatable bonds is 4. The lowest BCUT2D eigenvalue weighted by Crippen LogP contribution is -2.23. The number of hydrogen-bond acceptors (Lipinski definition) is 2. The maximum Gasteiger partial charge on any atom is 0.178 e. The van der Waals surface area contributed by atoms with Gasteiger partial charge in [-0.1, -0.05) is 29.8 Å². The van der Waals surface area contributed by atoms with E-state index >= 15 is 0 Å². The summed E-state index contributed by atoms with van der Waals surface area (Å²) < 4.78 is 12.5. The van der Waals surface area contributed by atoms with Crippen molar-refractivity contribution >= 4 is 16.6 Å². The second-order valence-corrected chi connectivity index (χ2v) is 7.19. The molecule has 2 aromatic rings. The van der Waals surface area contributed by atoms with E-state index in [4.69, 9.17) is 0 Å². The number of hydrogen-bond donors (Lipinski definition) is 0. The van der Waals surface area contributed by atoms with E-state index in [1.807, 2.05) is 63.2 Å². The molecule has 0 aliphatic carbocycles. The first-order valence-corrected chi connectivity index (χ1v) is 8.20. The van der Waals surface area contributed by atoms with Crippen LogP contribution in [0.5, 0.6) is 0 Å². The third-order valence-electron chi connectivity index (χ3n) is 3.74. The van der Waals surface area contributed by atoms with Crippen molar-refractivity contribution in [1.82, 2.24) is 0 Å². The molecule has 2 aromatic carbocycles. The normalized spacial score (nSPS) is 13.7. The molecule has 0 N–H and O–H groups in total. The monoisotopic (exact) mass is 300 g/mol. The Bertz CT molecular complexity index is 687. The first-order chi connectivity index (χ1) is 9.90. The number of Topliss-reactive ketones (excluding diaryl/α,β-unsaturated/α-hetero) is 1. The van der Waals surface area contributed by atoms with Crippen molar-refractivity contribution in [3.8, 4) is 0 Å². The van der Waals surface area contributed by atoms with Crippen molar-refractivity contribution in [2.45, 2.75) is 37.8 Å². The largest absolute Gasteiger partial charge is 0.293 e. The second kappa shape index (κ2) is 6.35. The van der Waals surface area contributed by atoms with Crippen LogP contribution >= 0.6 is 0 Å². The van der Waals surface area contributed by atoms with Gasteiger partial charge < -0.3 is 0 Å². The molecule has 2 nitrogen and oxygen atoms in total. The lowest BCUT2D eigenvalue weighted by Gasteiger charge is -2.12. The molecule has 0 aliphatic heterocycles. The van der Waals surface area contributed by atoms with Crippen LogP contribution in [0.1, 0.15) is 34.0 Å². The Morgan fingerprint density at radius 3 is 2.14 bits per heavy atom. The van der Waals surface area contributed by atoms with E-state index in [-0.39, 0.29) is 5.78 Å². The van der Waals surface area contributed by atoms with Crippen LogP contribution in [0.2, 0.25) is 0 Å². The molecule has 0 aliphatic rings. The summed E-state index contributed by atoms with van der Waals surface area (Å²) in [6.45, 7) is 7.70. The highest BCUT2D eigenvalue weighted by Crippen LogP contribution is 2.18. The average molecular weight is 300 g/mol. The molecule has 3 heteroatoms. The Morgan fingerprint density at radius 2 is 1.57 bits per heavy atom. The first kappa shape index (κ1) is 15.6. The minimum Gasteiger partial charge on any atom is -0.293 e. The number of benzene rings is 2. The zero-order valence-corrected chi connectivity index (χ0v) is 13.7. The van der Waals surface area contributed by atoms with Crippen molar-refractivity contribution in [2.24, 2.45) is 0 Å². The lowest BCUT2D eigenvalue weighted by atomic mass is 10.0. The van der Waals surface area contributed by atoms with Gasteiger partial charge in [0.25, 0.3) is 0 Å². The average Bonchev–Trinajstić information content (AvgIpc) is 2.48. The van der Waals surface area contributed by atoms with Gasteiger partial charge in [0.1, 0.15) is 0 Å². The minimum atomic E-state index is -1.33. The van der Waals surface area contributed by atoms with E-state index < -0.39 is 16.0 Å². The molecule has 110 valence electrons. The maximum atomic E-state index is 12.5. The summed E-state index contributed by atoms with van der Waals surface area (Å²) in [5, 5.41) is -0.546. The van der Waals surface area contributed by atoms with Crippen LogP contribution < -0.4 is 0 Å². The molecule has 0 fully saturated rings. The smallest absolute Gasteiger partial charge is 0.178 e. The van der Waals surface area contributed by atoms with Gasteiger partial charge in [0.2, 0.25) is 0 Å². The number of carbonyl (C=O) groups is 1. The van der Waals surface area contributed by atoms with Crippen LogP contribution in [0.4, 0.5) is 0 Å². The molecular weight excluding hydrogens is 280 g/mol. The number of carbonyl (C=O) groups excluding carboxylic acids is 1. The van der Waals surface area contributed by atoms with Crippen molar-refractivity contribution in [2.75, 3.05) is 0 Å². The molecule has 0 amide bonds. The topological polar surface area (TPSA) is 34.1 Å². The van der Waals surface area contributed by atoms with E-state index in [2.05, 4.69) is 0 Å². The summed E-state index contributed by atoms with van der Waals surface area (Å²) in [7, 11) is -1.33. The molecule has 0 heterocycles. The van der Waals surface area contributed by atoms with Crippen molar-refractivity contribution in [1.29, 1.82) is 0 Å². The van der Waals surface area contributed by atoms with Gasteiger partial charge in [0, 0.05) is 10.5 Å². The summed E-state index contributed by atoms with van der Waals surface area (Å²) in [5.74, 6) is -0.0722. The highest BCUT2D eigenvalue weighted by atomic mass is 32.2. The van der Waals surface area contributed by atoms with Crippen LogP contribution in [-0.4, -0.2) is 15.2 Å². The standard InChI is InChI=1S/C18H20O2S/c1-12-5-9-17(10-6-12)21(20)15(4)18(19)16-8-7-13(2)14(3)11-16/h5-11,15H,1-4H3. The van der Waals surface area contributed by atoms with Gasteiger partial charge in [-0.05, 0) is 57.0 Å². The van der Waals surface area contributed by atoms with Gasteiger partial charge in [0.15, 0.2) is 5.78 Å². The summed E-state index contributed by atoms with van der Waals surface area (Å²) in [4.78, 5) is 13.2. The molecule has 2 unspecified atom stereocenters. The van der Waals surface area contributed by atoms with Gasteiger partial charge in [-0.25, -0.2) is 0 Å². The zero-order chi connectivity index (χ0) is 15.6. The van der Waals surface area contributed by atoms with Crippen LogP contribution in [-0.2, 0) is 10.8 Å². The fourth-order valence-corrected chi connectivity index (χ4v) is 3.25. The fraction of sp³-hybridized carbons (Fsp3) is 0.278. The van der Waals surface area contributed by atoms with E-state index in [1.165, 1.54) is 0 Å². The van der Waals surface area contributed by atoms with Crippen LogP contribution in [0.25, 0.3) is 0 Å². The van der Waals surface area contributed by atoms with E-state index in [0.717, 1.165) is 16.7 Å². The molecule has 21 heavy (non-hydrogen) atoms. The summed E-state index contributed by atoms with van der Waals surface area (Å²) in [5.41, 5.74) is 3.97. The second-order valence-electron chi connectivity index (χ2n) is 5.42. The van der Waals surface area contributed by atoms with Gasteiger partial charge >= 0.3 is 0 Å². The highest BCUT2D eigenvalue weighted by molar-refractivity contribution is 7.86. The summed E-state index contributed by atoms with van der Waals surface area (Å²) in [6, 6.07) is 13.1. The molecule has 2 rings (SSSR count). The molecule has 0 saturated carbocycles. The van der Waals surface area contributed by atoms with Crippen LogP contribution in [0.15, 0.2) is 47.4 Å². The Labute approximate surface area is 128 Å². The molecule has 0 bridgehead atoms. The third-order valence-corrected chi connectivity index (χ3v) is 5.33. The Balaban J connectivity index is 2.24. The van der Waals surface area contributed by atoms with Crippen molar-refractivity contribution in [3.05, 3.63) is 64.7 Å². The molecule has 0 spiro atoms. The maximum absolute atomic E-state index is 12.5. The fourth-order valence-electron chi connectivity index (χ4n) is 2.10. The van der Waals surface area contributed by atoms with Gasteiger partial charge in [-0.2, -0.15) is 0 Å². The van der Waals surface area contributed by atoms with E-state index in [1.54, 1.807) is 6.92 Å². The lowest BCUT2D eigenvalue weighted by molar-refractivity contribution is 0.0992. The Kier molecular flexibility index (Phi) is 4.73. The Hall–Kier alpha value is -1.74. The van der Waals surface area contributed by atoms with Gasteiger partial charge in [-0.3, -0.25) is 9.00 Å². The minimum absolute atomic E-state index is 0.0722. The highest BCUT2D eigenvalue weighted by Gasteiger charge is 2.22.